The van der Waals surface area contributed by atoms with Crippen molar-refractivity contribution in [1.29, 1.82) is 0 Å². The molecule has 8 heteroatoms. The van der Waals surface area contributed by atoms with Gasteiger partial charge >= 0.3 is 0 Å². The van der Waals surface area contributed by atoms with E-state index in [1.165, 1.54) is 5.56 Å². The summed E-state index contributed by atoms with van der Waals surface area (Å²) in [6, 6.07) is 8.28. The van der Waals surface area contributed by atoms with Gasteiger partial charge in [-0.1, -0.05) is 18.2 Å². The van der Waals surface area contributed by atoms with Crippen LogP contribution in [0.5, 0.6) is 5.75 Å². The minimum Gasteiger partial charge on any atom is -0.494 e. The average Bonchev–Trinajstić information content (AvgIpc) is 3.12. The number of para-hydroxylation sites is 1. The third kappa shape index (κ3) is 5.16. The summed E-state index contributed by atoms with van der Waals surface area (Å²) in [6.45, 7) is 4.65. The zero-order chi connectivity index (χ0) is 21.0. The molecule has 3 fully saturated rings. The van der Waals surface area contributed by atoms with Crippen LogP contribution in [0.15, 0.2) is 24.3 Å². The first-order chi connectivity index (χ1) is 14.6. The monoisotopic (exact) mass is 438 g/mol. The molecule has 2 N–H and O–H groups in total. The van der Waals surface area contributed by atoms with Gasteiger partial charge in [-0.3, -0.25) is 0 Å². The fourth-order valence-electron chi connectivity index (χ4n) is 4.67. The molecule has 0 unspecified atom stereocenters. The Morgan fingerprint density at radius 1 is 1.13 bits per heavy atom. The van der Waals surface area contributed by atoms with Gasteiger partial charge in [-0.15, -0.1) is 0 Å². The van der Waals surface area contributed by atoms with Crippen molar-refractivity contribution in [1.82, 2.24) is 10.0 Å². The van der Waals surface area contributed by atoms with E-state index in [-0.39, 0.29) is 18.2 Å². The number of hydrogen-bond donors (Lipinski definition) is 2. The Hall–Kier alpha value is -1.19. The summed E-state index contributed by atoms with van der Waals surface area (Å²) < 4.78 is 44.7. The molecule has 2 atom stereocenters. The molecule has 168 valence electrons. The molecule has 0 amide bonds. The van der Waals surface area contributed by atoms with Crippen molar-refractivity contribution in [2.75, 3.05) is 33.0 Å². The molecular formula is C22H34N2O5S. The van der Waals surface area contributed by atoms with E-state index in [0.717, 1.165) is 44.4 Å². The number of rotatable bonds is 9. The summed E-state index contributed by atoms with van der Waals surface area (Å²) in [5.74, 6) is 1.52. The minimum absolute atomic E-state index is 0.0252. The van der Waals surface area contributed by atoms with E-state index >= 15 is 0 Å². The third-order valence-corrected chi connectivity index (χ3v) is 8.34. The van der Waals surface area contributed by atoms with Gasteiger partial charge in [-0.05, 0) is 63.1 Å². The van der Waals surface area contributed by atoms with Crippen LogP contribution in [0.3, 0.4) is 0 Å². The Morgan fingerprint density at radius 3 is 2.60 bits per heavy atom. The molecule has 0 bridgehead atoms. The molecule has 1 saturated carbocycles. The smallest absolute Gasteiger partial charge is 0.219 e. The van der Waals surface area contributed by atoms with E-state index in [1.807, 2.05) is 13.0 Å². The van der Waals surface area contributed by atoms with E-state index in [1.54, 1.807) is 0 Å². The van der Waals surface area contributed by atoms with Crippen LogP contribution in [-0.4, -0.2) is 64.8 Å². The Morgan fingerprint density at radius 2 is 1.90 bits per heavy atom. The van der Waals surface area contributed by atoms with Gasteiger partial charge in [0.25, 0.3) is 0 Å². The molecule has 0 spiro atoms. The largest absolute Gasteiger partial charge is 0.494 e. The summed E-state index contributed by atoms with van der Waals surface area (Å²) in [5.41, 5.74) is 1.31. The number of ether oxygens (including phenoxy) is 3. The lowest BCUT2D eigenvalue weighted by Gasteiger charge is -2.32. The molecule has 3 aliphatic rings. The average molecular weight is 439 g/mol. The van der Waals surface area contributed by atoms with E-state index in [2.05, 4.69) is 28.2 Å². The lowest BCUT2D eigenvalue weighted by Crippen LogP contribution is -2.53. The normalized spacial score (nSPS) is 30.2. The Balaban J connectivity index is 1.24. The number of benzene rings is 1. The van der Waals surface area contributed by atoms with Gasteiger partial charge in [0, 0.05) is 12.1 Å². The molecule has 30 heavy (non-hydrogen) atoms. The van der Waals surface area contributed by atoms with Crippen molar-refractivity contribution in [3.63, 3.8) is 0 Å². The Kier molecular flexibility index (Phi) is 7.31. The summed E-state index contributed by atoms with van der Waals surface area (Å²) >= 11 is 0. The van der Waals surface area contributed by atoms with Gasteiger partial charge < -0.3 is 19.5 Å². The fraction of sp³-hybridized carbons (Fsp3) is 0.727. The van der Waals surface area contributed by atoms with Crippen LogP contribution in [0.4, 0.5) is 0 Å². The maximum Gasteiger partial charge on any atom is 0.219 e. The summed E-state index contributed by atoms with van der Waals surface area (Å²) in [6.07, 6.45) is 5.25. The van der Waals surface area contributed by atoms with Crippen molar-refractivity contribution in [2.45, 2.75) is 68.4 Å². The van der Waals surface area contributed by atoms with Gasteiger partial charge in [-0.2, -0.15) is 0 Å². The van der Waals surface area contributed by atoms with Crippen molar-refractivity contribution < 1.29 is 22.6 Å². The quantitative estimate of drug-likeness (QED) is 0.615. The highest BCUT2D eigenvalue weighted by molar-refractivity contribution is 7.90. The van der Waals surface area contributed by atoms with E-state index in [0.29, 0.717) is 32.3 Å². The van der Waals surface area contributed by atoms with Gasteiger partial charge in [0.15, 0.2) is 0 Å². The summed E-state index contributed by atoms with van der Waals surface area (Å²) in [4.78, 5) is 0. The molecule has 2 aliphatic heterocycles. The second-order valence-electron chi connectivity index (χ2n) is 8.56. The van der Waals surface area contributed by atoms with Crippen LogP contribution in [0.2, 0.25) is 0 Å². The Labute approximate surface area is 179 Å². The topological polar surface area (TPSA) is 85.9 Å². The van der Waals surface area contributed by atoms with Crippen molar-refractivity contribution >= 4 is 10.0 Å². The molecule has 7 nitrogen and oxygen atoms in total. The first kappa shape index (κ1) is 22.0. The maximum atomic E-state index is 12.4. The zero-order valence-electron chi connectivity index (χ0n) is 17.7. The van der Waals surface area contributed by atoms with Gasteiger partial charge in [0.05, 0.1) is 32.5 Å². The molecule has 0 aromatic heterocycles. The highest BCUT2D eigenvalue weighted by atomic mass is 32.2. The molecule has 1 aromatic rings. The lowest BCUT2D eigenvalue weighted by molar-refractivity contribution is 0.0123. The van der Waals surface area contributed by atoms with Crippen LogP contribution in [0.25, 0.3) is 0 Å². The second-order valence-corrected chi connectivity index (χ2v) is 10.5. The van der Waals surface area contributed by atoms with Gasteiger partial charge in [-0.25, -0.2) is 13.1 Å². The van der Waals surface area contributed by atoms with E-state index < -0.39 is 15.3 Å². The predicted molar refractivity (Wildman–Crippen MR) is 115 cm³/mol. The standard InChI is InChI=1S/C22H34N2O5S/c1-2-28-22-6-4-3-5-19(22)16-7-9-17(10-8-16)29-15-21-20(11-12-23-21)24-30(25,26)18-13-27-14-18/h3-6,16-18,20-21,23-24H,2,7-15H2,1H3/t16-,17+,20-,21-/m0/s1. The molecular weight excluding hydrogens is 404 g/mol. The van der Waals surface area contributed by atoms with Gasteiger partial charge in [0.2, 0.25) is 10.0 Å². The minimum atomic E-state index is -3.31. The predicted octanol–water partition coefficient (Wildman–Crippen LogP) is 2.18. The number of hydrogen-bond acceptors (Lipinski definition) is 6. The van der Waals surface area contributed by atoms with Crippen molar-refractivity contribution in [2.24, 2.45) is 0 Å². The molecule has 1 aromatic carbocycles. The van der Waals surface area contributed by atoms with Crippen molar-refractivity contribution in [3.05, 3.63) is 29.8 Å². The summed E-state index contributed by atoms with van der Waals surface area (Å²) in [7, 11) is -3.31. The van der Waals surface area contributed by atoms with E-state index in [4.69, 9.17) is 14.2 Å². The van der Waals surface area contributed by atoms with Crippen LogP contribution < -0.4 is 14.8 Å². The molecule has 4 rings (SSSR count). The lowest BCUT2D eigenvalue weighted by atomic mass is 9.82. The number of nitrogens with one attached hydrogen (secondary N) is 2. The van der Waals surface area contributed by atoms with Gasteiger partial charge in [0.1, 0.15) is 11.0 Å². The summed E-state index contributed by atoms with van der Waals surface area (Å²) in [5, 5.41) is 2.99. The van der Waals surface area contributed by atoms with Crippen LogP contribution in [0.1, 0.15) is 50.5 Å². The maximum absolute atomic E-state index is 12.4. The van der Waals surface area contributed by atoms with Crippen molar-refractivity contribution in [3.8, 4) is 5.75 Å². The first-order valence-electron chi connectivity index (χ1n) is 11.2. The Bertz CT molecular complexity index is 790. The fourth-order valence-corrected chi connectivity index (χ4v) is 6.12. The molecule has 0 radical (unpaired) electrons. The van der Waals surface area contributed by atoms with E-state index in [9.17, 15) is 8.42 Å². The highest BCUT2D eigenvalue weighted by Crippen LogP contribution is 2.38. The SMILES string of the molecule is CCOc1ccccc1[C@H]1CC[C@@H](OC[C@@H]2NCC[C@@H]2NS(=O)(=O)C2COC2)CC1. The zero-order valence-corrected chi connectivity index (χ0v) is 18.5. The number of sulfonamides is 1. The molecule has 2 heterocycles. The third-order valence-electron chi connectivity index (χ3n) is 6.55. The van der Waals surface area contributed by atoms with Crippen LogP contribution in [-0.2, 0) is 19.5 Å². The van der Waals surface area contributed by atoms with Crippen LogP contribution in [0, 0.1) is 0 Å². The molecule has 2 saturated heterocycles. The highest BCUT2D eigenvalue weighted by Gasteiger charge is 2.38. The first-order valence-corrected chi connectivity index (χ1v) is 12.8. The van der Waals surface area contributed by atoms with Crippen LogP contribution >= 0.6 is 0 Å². The second kappa shape index (κ2) is 9.96. The molecule has 1 aliphatic carbocycles.